The Balaban J connectivity index is 1.27. The van der Waals surface area contributed by atoms with Crippen molar-refractivity contribution in [1.82, 2.24) is 0 Å². The van der Waals surface area contributed by atoms with Gasteiger partial charge in [0.15, 0.2) is 0 Å². The molecule has 2 aromatic carbocycles. The van der Waals surface area contributed by atoms with E-state index < -0.39 is 0 Å². The van der Waals surface area contributed by atoms with Gasteiger partial charge in [0, 0.05) is 5.92 Å². The summed E-state index contributed by atoms with van der Waals surface area (Å²) >= 11 is 0. The van der Waals surface area contributed by atoms with Gasteiger partial charge in [-0.05, 0) is 103 Å². The molecule has 4 aliphatic carbocycles. The highest BCUT2D eigenvalue weighted by Crippen LogP contribution is 2.65. The third kappa shape index (κ3) is 3.98. The Morgan fingerprint density at radius 2 is 1.06 bits per heavy atom. The number of hydrogen-bond acceptors (Lipinski definition) is 0. The molecule has 0 saturated heterocycles. The molecule has 6 atom stereocenters. The molecule has 4 fully saturated rings. The zero-order chi connectivity index (χ0) is 23.1. The summed E-state index contributed by atoms with van der Waals surface area (Å²) in [5, 5.41) is 0. The molecular weight excluding hydrogens is 408 g/mol. The van der Waals surface area contributed by atoms with Crippen molar-refractivity contribution in [2.24, 2.45) is 46.8 Å². The molecule has 4 aliphatic rings. The second kappa shape index (κ2) is 9.48. The van der Waals surface area contributed by atoms with Crippen molar-refractivity contribution < 1.29 is 0 Å². The van der Waals surface area contributed by atoms with E-state index in [0.29, 0.717) is 11.3 Å². The SMILES string of the molecule is CC(C)(C1CCC(C(c2ccccc2)c2ccccc2)C1)C1C2CCCCC2C2CCCCC21. The summed E-state index contributed by atoms with van der Waals surface area (Å²) in [5.41, 5.74) is 3.54. The van der Waals surface area contributed by atoms with Crippen molar-refractivity contribution in [1.29, 1.82) is 0 Å². The lowest BCUT2D eigenvalue weighted by atomic mass is 9.59. The van der Waals surface area contributed by atoms with Gasteiger partial charge in [-0.1, -0.05) is 100 Å². The van der Waals surface area contributed by atoms with Gasteiger partial charge >= 0.3 is 0 Å². The first-order valence-corrected chi connectivity index (χ1v) is 14.7. The third-order valence-corrected chi connectivity index (χ3v) is 11.4. The van der Waals surface area contributed by atoms with Crippen molar-refractivity contribution in [3.05, 3.63) is 71.8 Å². The predicted molar refractivity (Wildman–Crippen MR) is 144 cm³/mol. The van der Waals surface area contributed by atoms with E-state index in [9.17, 15) is 0 Å². The Labute approximate surface area is 208 Å². The van der Waals surface area contributed by atoms with Crippen LogP contribution >= 0.6 is 0 Å². The largest absolute Gasteiger partial charge is 0.0622 e. The monoisotopic (exact) mass is 454 g/mol. The molecule has 34 heavy (non-hydrogen) atoms. The van der Waals surface area contributed by atoms with Gasteiger partial charge in [0.2, 0.25) is 0 Å². The van der Waals surface area contributed by atoms with Gasteiger partial charge in [-0.25, -0.2) is 0 Å². The van der Waals surface area contributed by atoms with Crippen molar-refractivity contribution in [2.45, 2.75) is 90.4 Å². The van der Waals surface area contributed by atoms with Gasteiger partial charge in [-0.2, -0.15) is 0 Å². The second-order valence-corrected chi connectivity index (χ2v) is 13.1. The fourth-order valence-corrected chi connectivity index (χ4v) is 10.1. The van der Waals surface area contributed by atoms with Gasteiger partial charge in [0.05, 0.1) is 0 Å². The van der Waals surface area contributed by atoms with Crippen LogP contribution < -0.4 is 0 Å². The molecule has 0 heteroatoms. The van der Waals surface area contributed by atoms with E-state index in [1.165, 1.54) is 56.1 Å². The zero-order valence-corrected chi connectivity index (χ0v) is 21.7. The molecule has 0 nitrogen and oxygen atoms in total. The van der Waals surface area contributed by atoms with Crippen LogP contribution in [-0.2, 0) is 0 Å². The molecule has 4 saturated carbocycles. The quantitative estimate of drug-likeness (QED) is 0.422. The summed E-state index contributed by atoms with van der Waals surface area (Å²) in [5.74, 6) is 7.42. The topological polar surface area (TPSA) is 0 Å². The number of hydrogen-bond donors (Lipinski definition) is 0. The highest BCUT2D eigenvalue weighted by atomic mass is 14.6. The van der Waals surface area contributed by atoms with Gasteiger partial charge in [0.1, 0.15) is 0 Å². The number of rotatable bonds is 5. The lowest BCUT2D eigenvalue weighted by molar-refractivity contribution is 0.0292. The molecule has 0 aromatic heterocycles. The van der Waals surface area contributed by atoms with Crippen LogP contribution in [0.5, 0.6) is 0 Å². The average molecular weight is 455 g/mol. The summed E-state index contributed by atoms with van der Waals surface area (Å²) < 4.78 is 0. The van der Waals surface area contributed by atoms with Gasteiger partial charge in [0.25, 0.3) is 0 Å². The lowest BCUT2D eigenvalue weighted by Gasteiger charge is -2.46. The molecule has 0 bridgehead atoms. The predicted octanol–water partition coefficient (Wildman–Crippen LogP) is 9.50. The van der Waals surface area contributed by atoms with E-state index >= 15 is 0 Å². The first kappa shape index (κ1) is 22.9. The summed E-state index contributed by atoms with van der Waals surface area (Å²) in [6.07, 6.45) is 16.5. The molecular formula is C34H46. The Hall–Kier alpha value is -1.56. The fraction of sp³-hybridized carbons (Fsp3) is 0.647. The highest BCUT2D eigenvalue weighted by molar-refractivity contribution is 5.33. The van der Waals surface area contributed by atoms with Crippen LogP contribution in [-0.4, -0.2) is 0 Å². The minimum absolute atomic E-state index is 0.490. The molecule has 0 radical (unpaired) electrons. The maximum Gasteiger partial charge on any atom is 0.0118 e. The molecule has 182 valence electrons. The Morgan fingerprint density at radius 3 is 1.56 bits per heavy atom. The Bertz CT molecular complexity index is 866. The van der Waals surface area contributed by atoms with E-state index in [1.807, 2.05) is 0 Å². The van der Waals surface area contributed by atoms with E-state index in [4.69, 9.17) is 0 Å². The van der Waals surface area contributed by atoms with Crippen LogP contribution in [0.2, 0.25) is 0 Å². The van der Waals surface area contributed by atoms with E-state index in [0.717, 1.165) is 41.4 Å². The van der Waals surface area contributed by atoms with Crippen molar-refractivity contribution in [3.63, 3.8) is 0 Å². The summed E-state index contributed by atoms with van der Waals surface area (Å²) in [7, 11) is 0. The van der Waals surface area contributed by atoms with Crippen LogP contribution in [0.15, 0.2) is 60.7 Å². The zero-order valence-electron chi connectivity index (χ0n) is 21.7. The lowest BCUT2D eigenvalue weighted by Crippen LogP contribution is -2.39. The van der Waals surface area contributed by atoms with Gasteiger partial charge in [-0.3, -0.25) is 0 Å². The van der Waals surface area contributed by atoms with E-state index in [2.05, 4.69) is 74.5 Å². The summed E-state index contributed by atoms with van der Waals surface area (Å²) in [6.45, 7) is 5.46. The van der Waals surface area contributed by atoms with Gasteiger partial charge in [-0.15, -0.1) is 0 Å². The fourth-order valence-electron chi connectivity index (χ4n) is 10.1. The molecule has 2 aromatic rings. The van der Waals surface area contributed by atoms with Crippen molar-refractivity contribution in [3.8, 4) is 0 Å². The van der Waals surface area contributed by atoms with Crippen LogP contribution in [0.25, 0.3) is 0 Å². The maximum atomic E-state index is 2.73. The van der Waals surface area contributed by atoms with Gasteiger partial charge < -0.3 is 0 Å². The van der Waals surface area contributed by atoms with Crippen molar-refractivity contribution >= 4 is 0 Å². The second-order valence-electron chi connectivity index (χ2n) is 13.1. The average Bonchev–Trinajstić information content (AvgIpc) is 3.50. The standard InChI is InChI=1S/C34H46/c1-34(2,33-30-19-11-9-17-28(30)29-18-10-12-20-31(29)33)27-22-21-26(23-27)32(24-13-5-3-6-14-24)25-15-7-4-8-16-25/h3-8,13-16,26-33H,9-12,17-23H2,1-2H3. The molecule has 0 amide bonds. The molecule has 6 unspecified atom stereocenters. The minimum Gasteiger partial charge on any atom is -0.0622 e. The first-order chi connectivity index (χ1) is 16.6. The van der Waals surface area contributed by atoms with Crippen LogP contribution in [0.4, 0.5) is 0 Å². The normalized spacial score (nSPS) is 35.8. The molecule has 0 aliphatic heterocycles. The maximum absolute atomic E-state index is 2.73. The van der Waals surface area contributed by atoms with E-state index in [1.54, 1.807) is 25.7 Å². The Kier molecular flexibility index (Phi) is 6.38. The third-order valence-electron chi connectivity index (χ3n) is 11.4. The smallest absolute Gasteiger partial charge is 0.0118 e. The minimum atomic E-state index is 0.490. The van der Waals surface area contributed by atoms with Crippen LogP contribution in [0, 0.1) is 46.8 Å². The molecule has 6 rings (SSSR count). The summed E-state index contributed by atoms with van der Waals surface area (Å²) in [4.78, 5) is 0. The Morgan fingerprint density at radius 1 is 0.588 bits per heavy atom. The first-order valence-electron chi connectivity index (χ1n) is 14.7. The molecule has 0 N–H and O–H groups in total. The summed E-state index contributed by atoms with van der Waals surface area (Å²) in [6, 6.07) is 22.8. The van der Waals surface area contributed by atoms with Crippen LogP contribution in [0.3, 0.4) is 0 Å². The molecule has 0 heterocycles. The molecule has 0 spiro atoms. The van der Waals surface area contributed by atoms with E-state index in [-0.39, 0.29) is 0 Å². The van der Waals surface area contributed by atoms with Crippen molar-refractivity contribution in [2.75, 3.05) is 0 Å². The van der Waals surface area contributed by atoms with Crippen LogP contribution in [0.1, 0.15) is 102 Å². The number of fused-ring (bicyclic) bond motifs is 3. The highest BCUT2D eigenvalue weighted by Gasteiger charge is 2.57. The number of benzene rings is 2.